The molecule has 1 unspecified atom stereocenters. The molecule has 1 fully saturated rings. The summed E-state index contributed by atoms with van der Waals surface area (Å²) in [7, 11) is 0. The molecule has 0 heterocycles. The highest BCUT2D eigenvalue weighted by atomic mass is 16.5. The van der Waals surface area contributed by atoms with Crippen LogP contribution in [-0.4, -0.2) is 18.0 Å². The molecule has 0 saturated heterocycles. The zero-order valence-corrected chi connectivity index (χ0v) is 8.98. The van der Waals surface area contributed by atoms with Gasteiger partial charge in [0.05, 0.1) is 6.10 Å². The smallest absolute Gasteiger partial charge is 0.191 e. The van der Waals surface area contributed by atoms with E-state index in [4.69, 9.17) is 4.74 Å². The minimum atomic E-state index is -0.308. The van der Waals surface area contributed by atoms with Crippen molar-refractivity contribution in [3.63, 3.8) is 0 Å². The normalized spacial score (nSPS) is 18.2. The van der Waals surface area contributed by atoms with Gasteiger partial charge in [-0.3, -0.25) is 4.79 Å². The second kappa shape index (κ2) is 4.58. The molecule has 0 amide bonds. The van der Waals surface area contributed by atoms with Gasteiger partial charge in [-0.25, -0.2) is 0 Å². The summed E-state index contributed by atoms with van der Waals surface area (Å²) in [6.45, 7) is 1.84. The van der Waals surface area contributed by atoms with Crippen LogP contribution in [0.1, 0.15) is 36.5 Å². The van der Waals surface area contributed by atoms with E-state index in [1.807, 2.05) is 37.3 Å². The summed E-state index contributed by atoms with van der Waals surface area (Å²) in [5, 5.41) is 0. The molecule has 2 nitrogen and oxygen atoms in total. The van der Waals surface area contributed by atoms with Crippen molar-refractivity contribution in [3.05, 3.63) is 35.9 Å². The summed E-state index contributed by atoms with van der Waals surface area (Å²) >= 11 is 0. The summed E-state index contributed by atoms with van der Waals surface area (Å²) in [6, 6.07) is 9.34. The van der Waals surface area contributed by atoms with E-state index in [9.17, 15) is 4.79 Å². The Hall–Kier alpha value is -1.15. The Kier molecular flexibility index (Phi) is 3.17. The maximum Gasteiger partial charge on any atom is 0.191 e. The van der Waals surface area contributed by atoms with Crippen molar-refractivity contribution in [1.29, 1.82) is 0 Å². The molecule has 0 aliphatic heterocycles. The maximum atomic E-state index is 11.9. The summed E-state index contributed by atoms with van der Waals surface area (Å²) in [5.74, 6) is 0.0856. The SMILES string of the molecule is CC(OC1CCC1)C(=O)c1ccccc1. The summed E-state index contributed by atoms with van der Waals surface area (Å²) in [4.78, 5) is 11.9. The highest BCUT2D eigenvalue weighted by molar-refractivity contribution is 5.99. The molecule has 0 bridgehead atoms. The van der Waals surface area contributed by atoms with Crippen LogP contribution in [0, 0.1) is 0 Å². The standard InChI is InChI=1S/C13H16O2/c1-10(15-12-8-5-9-12)13(14)11-6-3-2-4-7-11/h2-4,6-7,10,12H,5,8-9H2,1H3. The number of benzene rings is 1. The molecule has 1 aromatic rings. The molecule has 1 saturated carbocycles. The van der Waals surface area contributed by atoms with Crippen LogP contribution in [0.3, 0.4) is 0 Å². The molecule has 1 atom stereocenters. The number of hydrogen-bond acceptors (Lipinski definition) is 2. The minimum Gasteiger partial charge on any atom is -0.367 e. The van der Waals surface area contributed by atoms with Crippen molar-refractivity contribution in [3.8, 4) is 0 Å². The first-order valence-electron chi connectivity index (χ1n) is 5.52. The Morgan fingerprint density at radius 3 is 2.53 bits per heavy atom. The van der Waals surface area contributed by atoms with Gasteiger partial charge in [-0.2, -0.15) is 0 Å². The van der Waals surface area contributed by atoms with Crippen LogP contribution in [-0.2, 0) is 4.74 Å². The Balaban J connectivity index is 1.95. The van der Waals surface area contributed by atoms with Crippen LogP contribution >= 0.6 is 0 Å². The number of rotatable bonds is 4. The first kappa shape index (κ1) is 10.4. The van der Waals surface area contributed by atoms with E-state index in [-0.39, 0.29) is 11.9 Å². The topological polar surface area (TPSA) is 26.3 Å². The molecule has 0 radical (unpaired) electrons. The second-order valence-electron chi connectivity index (χ2n) is 4.06. The van der Waals surface area contributed by atoms with Gasteiger partial charge in [0, 0.05) is 5.56 Å². The predicted octanol–water partition coefficient (Wildman–Crippen LogP) is 2.83. The van der Waals surface area contributed by atoms with Crippen molar-refractivity contribution in [1.82, 2.24) is 0 Å². The van der Waals surface area contributed by atoms with Crippen LogP contribution in [0.4, 0.5) is 0 Å². The molecule has 0 N–H and O–H groups in total. The molecule has 15 heavy (non-hydrogen) atoms. The molecule has 2 heteroatoms. The van der Waals surface area contributed by atoms with Crippen molar-refractivity contribution in [2.45, 2.75) is 38.4 Å². The summed E-state index contributed by atoms with van der Waals surface area (Å²) in [6.07, 6.45) is 3.45. The fourth-order valence-electron chi connectivity index (χ4n) is 1.69. The minimum absolute atomic E-state index is 0.0856. The molecule has 1 aromatic carbocycles. The molecule has 0 aromatic heterocycles. The molecular formula is C13H16O2. The Morgan fingerprint density at radius 1 is 1.33 bits per heavy atom. The van der Waals surface area contributed by atoms with Crippen molar-refractivity contribution < 1.29 is 9.53 Å². The van der Waals surface area contributed by atoms with Gasteiger partial charge in [0.1, 0.15) is 6.10 Å². The highest BCUT2D eigenvalue weighted by Crippen LogP contribution is 2.24. The van der Waals surface area contributed by atoms with Crippen LogP contribution in [0.2, 0.25) is 0 Å². The largest absolute Gasteiger partial charge is 0.367 e. The highest BCUT2D eigenvalue weighted by Gasteiger charge is 2.24. The quantitative estimate of drug-likeness (QED) is 0.705. The number of carbonyl (C=O) groups is 1. The number of Topliss-reactive ketones (excluding diaryl/α,β-unsaturated/α-hetero) is 1. The number of ketones is 1. The second-order valence-corrected chi connectivity index (χ2v) is 4.06. The lowest BCUT2D eigenvalue weighted by molar-refractivity contribution is -0.0313. The van der Waals surface area contributed by atoms with Gasteiger partial charge in [0.15, 0.2) is 5.78 Å². The van der Waals surface area contributed by atoms with Crippen LogP contribution in [0.15, 0.2) is 30.3 Å². The Morgan fingerprint density at radius 2 is 2.00 bits per heavy atom. The summed E-state index contributed by atoms with van der Waals surface area (Å²) < 4.78 is 5.65. The third-order valence-electron chi connectivity index (χ3n) is 2.88. The van der Waals surface area contributed by atoms with Gasteiger partial charge < -0.3 is 4.74 Å². The van der Waals surface area contributed by atoms with Gasteiger partial charge in [-0.15, -0.1) is 0 Å². The predicted molar refractivity (Wildman–Crippen MR) is 59.0 cm³/mol. The van der Waals surface area contributed by atoms with Crippen LogP contribution < -0.4 is 0 Å². The number of carbonyl (C=O) groups excluding carboxylic acids is 1. The van der Waals surface area contributed by atoms with Crippen molar-refractivity contribution in [2.24, 2.45) is 0 Å². The Bertz CT molecular complexity index is 328. The molecular weight excluding hydrogens is 188 g/mol. The van der Waals surface area contributed by atoms with E-state index in [0.29, 0.717) is 6.10 Å². The van der Waals surface area contributed by atoms with E-state index < -0.39 is 0 Å². The van der Waals surface area contributed by atoms with E-state index in [1.165, 1.54) is 6.42 Å². The zero-order valence-electron chi connectivity index (χ0n) is 8.98. The zero-order chi connectivity index (χ0) is 10.7. The van der Waals surface area contributed by atoms with Gasteiger partial charge >= 0.3 is 0 Å². The Labute approximate surface area is 90.3 Å². The monoisotopic (exact) mass is 204 g/mol. The molecule has 2 rings (SSSR count). The fraction of sp³-hybridized carbons (Fsp3) is 0.462. The third kappa shape index (κ3) is 2.45. The molecule has 1 aliphatic rings. The number of hydrogen-bond donors (Lipinski definition) is 0. The van der Waals surface area contributed by atoms with Gasteiger partial charge in [-0.1, -0.05) is 30.3 Å². The lowest BCUT2D eigenvalue weighted by atomic mass is 9.95. The molecule has 1 aliphatic carbocycles. The van der Waals surface area contributed by atoms with Crippen LogP contribution in [0.5, 0.6) is 0 Å². The first-order chi connectivity index (χ1) is 7.27. The van der Waals surface area contributed by atoms with Crippen LogP contribution in [0.25, 0.3) is 0 Å². The fourth-order valence-corrected chi connectivity index (χ4v) is 1.69. The van der Waals surface area contributed by atoms with E-state index >= 15 is 0 Å². The first-order valence-corrected chi connectivity index (χ1v) is 5.52. The summed E-state index contributed by atoms with van der Waals surface area (Å²) in [5.41, 5.74) is 0.740. The molecule has 0 spiro atoms. The van der Waals surface area contributed by atoms with E-state index in [2.05, 4.69) is 0 Å². The van der Waals surface area contributed by atoms with E-state index in [1.54, 1.807) is 0 Å². The van der Waals surface area contributed by atoms with Crippen molar-refractivity contribution >= 4 is 5.78 Å². The van der Waals surface area contributed by atoms with Gasteiger partial charge in [-0.05, 0) is 26.2 Å². The lowest BCUT2D eigenvalue weighted by Gasteiger charge is -2.28. The third-order valence-corrected chi connectivity index (χ3v) is 2.88. The maximum absolute atomic E-state index is 11.9. The van der Waals surface area contributed by atoms with Gasteiger partial charge in [0.25, 0.3) is 0 Å². The van der Waals surface area contributed by atoms with Crippen molar-refractivity contribution in [2.75, 3.05) is 0 Å². The number of ether oxygens (including phenoxy) is 1. The van der Waals surface area contributed by atoms with Gasteiger partial charge in [0.2, 0.25) is 0 Å². The van der Waals surface area contributed by atoms with E-state index in [0.717, 1.165) is 18.4 Å². The average Bonchev–Trinajstić information content (AvgIpc) is 2.23. The average molecular weight is 204 g/mol. The molecule has 80 valence electrons. The lowest BCUT2D eigenvalue weighted by Crippen LogP contribution is -2.31.